The lowest BCUT2D eigenvalue weighted by molar-refractivity contribution is 0.104. The lowest BCUT2D eigenvalue weighted by atomic mass is 10.1. The fourth-order valence-corrected chi connectivity index (χ4v) is 2.44. The third-order valence-electron chi connectivity index (χ3n) is 3.34. The first-order valence-electron chi connectivity index (χ1n) is 6.77. The van der Waals surface area contributed by atoms with Crippen LogP contribution >= 0.6 is 11.6 Å². The first kappa shape index (κ1) is 14.5. The molecule has 0 saturated heterocycles. The summed E-state index contributed by atoms with van der Waals surface area (Å²) in [5, 5.41) is 3.66. The number of rotatable bonds is 4. The SMILES string of the molecule is Cc1cccc(Cl)c1NC=CC(=O)c1ccc2c(c1)OCO2. The molecule has 1 N–H and O–H groups in total. The maximum absolute atomic E-state index is 12.1. The number of halogens is 1. The second-order valence-electron chi connectivity index (χ2n) is 4.84. The zero-order valence-electron chi connectivity index (χ0n) is 11.9. The van der Waals surface area contributed by atoms with Crippen molar-refractivity contribution in [2.45, 2.75) is 6.92 Å². The average Bonchev–Trinajstić information content (AvgIpc) is 2.97. The number of ketones is 1. The highest BCUT2D eigenvalue weighted by Gasteiger charge is 2.15. The van der Waals surface area contributed by atoms with Crippen LogP contribution in [0.25, 0.3) is 0 Å². The summed E-state index contributed by atoms with van der Waals surface area (Å²) < 4.78 is 10.5. The molecule has 0 atom stereocenters. The summed E-state index contributed by atoms with van der Waals surface area (Å²) >= 11 is 6.11. The molecule has 1 aliphatic heterocycles. The van der Waals surface area contributed by atoms with E-state index >= 15 is 0 Å². The molecule has 4 nitrogen and oxygen atoms in total. The summed E-state index contributed by atoms with van der Waals surface area (Å²) in [4.78, 5) is 12.1. The molecule has 1 aliphatic rings. The molecule has 0 saturated carbocycles. The monoisotopic (exact) mass is 315 g/mol. The number of anilines is 1. The van der Waals surface area contributed by atoms with Gasteiger partial charge in [-0.1, -0.05) is 23.7 Å². The van der Waals surface area contributed by atoms with Crippen LogP contribution < -0.4 is 14.8 Å². The number of benzene rings is 2. The number of hydrogen-bond donors (Lipinski definition) is 1. The van der Waals surface area contributed by atoms with Gasteiger partial charge in [-0.2, -0.15) is 0 Å². The Morgan fingerprint density at radius 1 is 1.23 bits per heavy atom. The normalized spacial score (nSPS) is 12.6. The van der Waals surface area contributed by atoms with E-state index in [9.17, 15) is 4.79 Å². The lowest BCUT2D eigenvalue weighted by Gasteiger charge is -2.07. The Labute approximate surface area is 133 Å². The maximum Gasteiger partial charge on any atom is 0.231 e. The molecule has 0 bridgehead atoms. The van der Waals surface area contributed by atoms with Gasteiger partial charge in [-0.25, -0.2) is 0 Å². The summed E-state index contributed by atoms with van der Waals surface area (Å²) in [6.07, 6.45) is 3.04. The van der Waals surface area contributed by atoms with E-state index in [1.807, 2.05) is 19.1 Å². The minimum absolute atomic E-state index is 0.129. The molecule has 22 heavy (non-hydrogen) atoms. The third-order valence-corrected chi connectivity index (χ3v) is 3.66. The zero-order chi connectivity index (χ0) is 15.5. The largest absolute Gasteiger partial charge is 0.454 e. The number of nitrogens with one attached hydrogen (secondary N) is 1. The van der Waals surface area contributed by atoms with E-state index in [4.69, 9.17) is 21.1 Å². The summed E-state index contributed by atoms with van der Waals surface area (Å²) in [5.74, 6) is 1.12. The standard InChI is InChI=1S/C17H14ClNO3/c1-11-3-2-4-13(18)17(11)19-8-7-14(20)12-5-6-15-16(9-12)22-10-21-15/h2-9,19H,10H2,1H3. The molecule has 3 rings (SSSR count). The van der Waals surface area contributed by atoms with Crippen LogP contribution in [0.1, 0.15) is 15.9 Å². The summed E-state index contributed by atoms with van der Waals surface area (Å²) in [6.45, 7) is 2.14. The molecular weight excluding hydrogens is 302 g/mol. The van der Waals surface area contributed by atoms with E-state index in [1.165, 1.54) is 6.08 Å². The van der Waals surface area contributed by atoms with Crippen molar-refractivity contribution in [2.75, 3.05) is 12.1 Å². The van der Waals surface area contributed by atoms with Crippen LogP contribution in [-0.4, -0.2) is 12.6 Å². The predicted octanol–water partition coefficient (Wildman–Crippen LogP) is 4.19. The highest BCUT2D eigenvalue weighted by atomic mass is 35.5. The first-order valence-corrected chi connectivity index (χ1v) is 7.15. The second-order valence-corrected chi connectivity index (χ2v) is 5.25. The van der Waals surface area contributed by atoms with Gasteiger partial charge in [0.1, 0.15) is 0 Å². The van der Waals surface area contributed by atoms with E-state index in [0.29, 0.717) is 22.1 Å². The Morgan fingerprint density at radius 3 is 2.86 bits per heavy atom. The Morgan fingerprint density at radius 2 is 2.05 bits per heavy atom. The number of carbonyl (C=O) groups is 1. The molecule has 5 heteroatoms. The van der Waals surface area contributed by atoms with Crippen LogP contribution in [0.5, 0.6) is 11.5 Å². The van der Waals surface area contributed by atoms with Gasteiger partial charge in [0.05, 0.1) is 10.7 Å². The molecule has 0 amide bonds. The number of fused-ring (bicyclic) bond motifs is 1. The minimum Gasteiger partial charge on any atom is -0.454 e. The van der Waals surface area contributed by atoms with Gasteiger partial charge >= 0.3 is 0 Å². The number of carbonyl (C=O) groups excluding carboxylic acids is 1. The molecule has 2 aromatic rings. The van der Waals surface area contributed by atoms with E-state index in [0.717, 1.165) is 11.3 Å². The second kappa shape index (κ2) is 6.12. The number of ether oxygens (including phenoxy) is 2. The van der Waals surface area contributed by atoms with Gasteiger partial charge in [-0.05, 0) is 36.8 Å². The molecular formula is C17H14ClNO3. The van der Waals surface area contributed by atoms with Crippen LogP contribution in [0.15, 0.2) is 48.7 Å². The van der Waals surface area contributed by atoms with Crippen LogP contribution in [0.3, 0.4) is 0 Å². The van der Waals surface area contributed by atoms with Crippen LogP contribution in [0, 0.1) is 6.92 Å². The van der Waals surface area contributed by atoms with Crippen molar-refractivity contribution >= 4 is 23.1 Å². The predicted molar refractivity (Wildman–Crippen MR) is 85.8 cm³/mol. The summed E-state index contributed by atoms with van der Waals surface area (Å²) in [7, 11) is 0. The Bertz CT molecular complexity index is 735. The fraction of sp³-hybridized carbons (Fsp3) is 0.118. The van der Waals surface area contributed by atoms with Crippen molar-refractivity contribution in [1.82, 2.24) is 0 Å². The fourth-order valence-electron chi connectivity index (χ4n) is 2.16. The quantitative estimate of drug-likeness (QED) is 0.679. The molecule has 0 spiro atoms. The highest BCUT2D eigenvalue weighted by molar-refractivity contribution is 6.33. The number of para-hydroxylation sites is 1. The molecule has 112 valence electrons. The molecule has 0 aromatic heterocycles. The van der Waals surface area contributed by atoms with Crippen molar-refractivity contribution in [3.05, 3.63) is 64.8 Å². The lowest BCUT2D eigenvalue weighted by Crippen LogP contribution is -1.97. The molecule has 2 aromatic carbocycles. The van der Waals surface area contributed by atoms with Gasteiger partial charge in [0.2, 0.25) is 6.79 Å². The van der Waals surface area contributed by atoms with Gasteiger partial charge in [-0.15, -0.1) is 0 Å². The number of allylic oxidation sites excluding steroid dienone is 1. The molecule has 0 unspecified atom stereocenters. The van der Waals surface area contributed by atoms with Gasteiger partial charge in [0, 0.05) is 17.8 Å². The minimum atomic E-state index is -0.129. The summed E-state index contributed by atoms with van der Waals surface area (Å²) in [5.41, 5.74) is 2.34. The van der Waals surface area contributed by atoms with Crippen molar-refractivity contribution in [2.24, 2.45) is 0 Å². The first-order chi connectivity index (χ1) is 10.6. The average molecular weight is 316 g/mol. The van der Waals surface area contributed by atoms with Crippen molar-refractivity contribution in [1.29, 1.82) is 0 Å². The number of aryl methyl sites for hydroxylation is 1. The van der Waals surface area contributed by atoms with Gasteiger partial charge in [0.25, 0.3) is 0 Å². The van der Waals surface area contributed by atoms with Crippen LogP contribution in [-0.2, 0) is 0 Å². The van der Waals surface area contributed by atoms with E-state index in [1.54, 1.807) is 30.5 Å². The zero-order valence-corrected chi connectivity index (χ0v) is 12.7. The highest BCUT2D eigenvalue weighted by Crippen LogP contribution is 2.32. The van der Waals surface area contributed by atoms with Crippen molar-refractivity contribution in [3.8, 4) is 11.5 Å². The van der Waals surface area contributed by atoms with E-state index in [2.05, 4.69) is 5.32 Å². The molecule has 0 radical (unpaired) electrons. The van der Waals surface area contributed by atoms with Gasteiger partial charge in [-0.3, -0.25) is 4.79 Å². The topological polar surface area (TPSA) is 47.6 Å². The maximum atomic E-state index is 12.1. The van der Waals surface area contributed by atoms with Gasteiger partial charge in [0.15, 0.2) is 17.3 Å². The van der Waals surface area contributed by atoms with E-state index < -0.39 is 0 Å². The molecule has 0 aliphatic carbocycles. The molecule has 1 heterocycles. The smallest absolute Gasteiger partial charge is 0.231 e. The third kappa shape index (κ3) is 2.92. The van der Waals surface area contributed by atoms with Crippen molar-refractivity contribution < 1.29 is 14.3 Å². The Balaban J connectivity index is 1.71. The molecule has 0 fully saturated rings. The van der Waals surface area contributed by atoms with Crippen LogP contribution in [0.4, 0.5) is 5.69 Å². The Kier molecular flexibility index (Phi) is 4.02. The van der Waals surface area contributed by atoms with E-state index in [-0.39, 0.29) is 12.6 Å². The number of hydrogen-bond acceptors (Lipinski definition) is 4. The Hall–Kier alpha value is -2.46. The summed E-state index contributed by atoms with van der Waals surface area (Å²) in [6, 6.07) is 10.7. The van der Waals surface area contributed by atoms with Gasteiger partial charge < -0.3 is 14.8 Å². The van der Waals surface area contributed by atoms with Crippen molar-refractivity contribution in [3.63, 3.8) is 0 Å². The van der Waals surface area contributed by atoms with Crippen LogP contribution in [0.2, 0.25) is 5.02 Å².